The largest absolute Gasteiger partial charge is 0.416 e. The molecule has 0 N–H and O–H groups in total. The van der Waals surface area contributed by atoms with Gasteiger partial charge in [0.2, 0.25) is 0 Å². The second-order valence-electron chi connectivity index (χ2n) is 9.07. The molecule has 2 heterocycles. The Kier molecular flexibility index (Phi) is 5.91. The van der Waals surface area contributed by atoms with Crippen molar-refractivity contribution in [2.45, 2.75) is 38.7 Å². The molecule has 1 saturated heterocycles. The fraction of sp³-hybridized carbons (Fsp3) is 0.296. The first-order valence-corrected chi connectivity index (χ1v) is 11.5. The average Bonchev–Trinajstić information content (AvgIpc) is 3.29. The Hall–Kier alpha value is -3.55. The minimum atomic E-state index is -4.52. The second kappa shape index (κ2) is 8.91. The molecule has 3 aromatic carbocycles. The van der Waals surface area contributed by atoms with Crippen molar-refractivity contribution in [2.24, 2.45) is 0 Å². The van der Waals surface area contributed by atoms with E-state index < -0.39 is 11.7 Å². The van der Waals surface area contributed by atoms with E-state index in [1.807, 2.05) is 30.0 Å². The number of alkyl halides is 3. The van der Waals surface area contributed by atoms with Gasteiger partial charge in [-0.05, 0) is 48.2 Å². The molecule has 3 aromatic rings. The number of anilines is 2. The Morgan fingerprint density at radius 2 is 1.71 bits per heavy atom. The summed E-state index contributed by atoms with van der Waals surface area (Å²) in [7, 11) is 0. The maximum atomic E-state index is 14.6. The Bertz CT molecular complexity index is 1240. The average molecular weight is 484 g/mol. The lowest BCUT2D eigenvalue weighted by Crippen LogP contribution is -2.52. The van der Waals surface area contributed by atoms with Gasteiger partial charge >= 0.3 is 12.2 Å². The van der Waals surface area contributed by atoms with Crippen molar-refractivity contribution in [3.63, 3.8) is 0 Å². The van der Waals surface area contributed by atoms with E-state index in [4.69, 9.17) is 0 Å². The normalized spacial score (nSPS) is 18.3. The highest BCUT2D eigenvalue weighted by Gasteiger charge is 2.39. The molecule has 0 aromatic heterocycles. The summed E-state index contributed by atoms with van der Waals surface area (Å²) in [5, 5.41) is 0. The number of hydrogen-bond donors (Lipinski definition) is 0. The van der Waals surface area contributed by atoms with Crippen molar-refractivity contribution >= 4 is 17.4 Å². The molecule has 2 aliphatic heterocycles. The van der Waals surface area contributed by atoms with E-state index in [9.17, 15) is 22.4 Å². The Morgan fingerprint density at radius 1 is 0.971 bits per heavy atom. The van der Waals surface area contributed by atoms with Crippen LogP contribution in [0.4, 0.5) is 33.7 Å². The Balaban J connectivity index is 1.45. The second-order valence-corrected chi connectivity index (χ2v) is 9.07. The quantitative estimate of drug-likeness (QED) is 0.403. The lowest BCUT2D eigenvalue weighted by Gasteiger charge is -2.40. The molecule has 0 bridgehead atoms. The van der Waals surface area contributed by atoms with Crippen LogP contribution >= 0.6 is 0 Å². The topological polar surface area (TPSA) is 26.8 Å². The number of amides is 2. The van der Waals surface area contributed by atoms with E-state index in [-0.39, 0.29) is 30.0 Å². The van der Waals surface area contributed by atoms with Gasteiger partial charge in [-0.2, -0.15) is 13.2 Å². The summed E-state index contributed by atoms with van der Waals surface area (Å²) >= 11 is 0. The molecule has 2 amide bonds. The van der Waals surface area contributed by atoms with E-state index in [1.165, 1.54) is 23.1 Å². The molecule has 0 aliphatic carbocycles. The zero-order valence-corrected chi connectivity index (χ0v) is 19.2. The maximum Gasteiger partial charge on any atom is 0.416 e. The van der Waals surface area contributed by atoms with Crippen LogP contribution in [0.1, 0.15) is 28.7 Å². The summed E-state index contributed by atoms with van der Waals surface area (Å²) in [5.74, 6) is -0.300. The van der Waals surface area contributed by atoms with E-state index >= 15 is 0 Å². The fourth-order valence-electron chi connectivity index (χ4n) is 5.18. The Morgan fingerprint density at radius 3 is 2.49 bits per heavy atom. The number of nitrogens with zero attached hydrogens (tertiary/aromatic N) is 3. The van der Waals surface area contributed by atoms with Gasteiger partial charge < -0.3 is 9.80 Å². The highest BCUT2D eigenvalue weighted by molar-refractivity contribution is 5.95. The van der Waals surface area contributed by atoms with Crippen LogP contribution in [0, 0.1) is 12.7 Å². The third kappa shape index (κ3) is 4.33. The summed E-state index contributed by atoms with van der Waals surface area (Å²) in [5.41, 5.74) is 2.15. The highest BCUT2D eigenvalue weighted by atomic mass is 19.4. The first kappa shape index (κ1) is 23.2. The standard InChI is InChI=1S/C27H25F4N3O/c1-18-7-6-11-23(28)25(18)32-14-13-21(17-32)33-16-20-9-3-5-12-24(20)34(26(33)35)15-19-8-2-4-10-22(19)27(29,30)31/h2-12,21H,13-17H2,1H3. The van der Waals surface area contributed by atoms with E-state index in [2.05, 4.69) is 0 Å². The number of para-hydroxylation sites is 2. The van der Waals surface area contributed by atoms with Gasteiger partial charge in [0.1, 0.15) is 5.82 Å². The monoisotopic (exact) mass is 483 g/mol. The first-order chi connectivity index (χ1) is 16.7. The third-order valence-electron chi connectivity index (χ3n) is 6.86. The van der Waals surface area contributed by atoms with Gasteiger partial charge in [-0.3, -0.25) is 4.90 Å². The van der Waals surface area contributed by atoms with Crippen molar-refractivity contribution in [3.8, 4) is 0 Å². The van der Waals surface area contributed by atoms with Crippen molar-refractivity contribution < 1.29 is 22.4 Å². The van der Waals surface area contributed by atoms with E-state index in [0.717, 1.165) is 17.2 Å². The number of fused-ring (bicyclic) bond motifs is 1. The number of hydrogen-bond acceptors (Lipinski definition) is 2. The van der Waals surface area contributed by atoms with Gasteiger partial charge in [-0.15, -0.1) is 0 Å². The van der Waals surface area contributed by atoms with Crippen molar-refractivity contribution in [2.75, 3.05) is 22.9 Å². The van der Waals surface area contributed by atoms with Crippen molar-refractivity contribution in [1.29, 1.82) is 0 Å². The molecule has 5 rings (SSSR count). The summed E-state index contributed by atoms with van der Waals surface area (Å²) in [4.78, 5) is 18.8. The number of rotatable bonds is 4. The van der Waals surface area contributed by atoms with Gasteiger partial charge in [-0.25, -0.2) is 9.18 Å². The molecule has 2 aliphatic rings. The predicted octanol–water partition coefficient (Wildman–Crippen LogP) is 6.37. The van der Waals surface area contributed by atoms with Crippen LogP contribution in [-0.4, -0.2) is 30.1 Å². The van der Waals surface area contributed by atoms with E-state index in [1.54, 1.807) is 29.2 Å². The highest BCUT2D eigenvalue weighted by Crippen LogP contribution is 2.37. The third-order valence-corrected chi connectivity index (χ3v) is 6.86. The molecule has 0 spiro atoms. The number of carbonyl (C=O) groups is 1. The molecule has 8 heteroatoms. The van der Waals surface area contributed by atoms with E-state index in [0.29, 0.717) is 37.4 Å². The van der Waals surface area contributed by atoms with Gasteiger partial charge in [0.15, 0.2) is 0 Å². The first-order valence-electron chi connectivity index (χ1n) is 11.5. The fourth-order valence-corrected chi connectivity index (χ4v) is 5.18. The molecular formula is C27H25F4N3O. The summed E-state index contributed by atoms with van der Waals surface area (Å²) in [6.07, 6.45) is -3.87. The number of carbonyl (C=O) groups excluding carboxylic acids is 1. The van der Waals surface area contributed by atoms with Crippen LogP contribution < -0.4 is 9.80 Å². The minimum Gasteiger partial charge on any atom is -0.367 e. The molecule has 1 unspecified atom stereocenters. The van der Waals surface area contributed by atoms with Crippen molar-refractivity contribution in [3.05, 3.63) is 94.8 Å². The molecular weight excluding hydrogens is 458 g/mol. The Labute approximate surface area is 201 Å². The lowest BCUT2D eigenvalue weighted by atomic mass is 10.0. The van der Waals surface area contributed by atoms with Gasteiger partial charge in [-0.1, -0.05) is 48.5 Å². The predicted molar refractivity (Wildman–Crippen MR) is 127 cm³/mol. The molecule has 0 radical (unpaired) electrons. The summed E-state index contributed by atoms with van der Waals surface area (Å²) < 4.78 is 55.5. The smallest absolute Gasteiger partial charge is 0.367 e. The molecule has 1 fully saturated rings. The minimum absolute atomic E-state index is 0.0417. The zero-order valence-electron chi connectivity index (χ0n) is 19.2. The van der Waals surface area contributed by atoms with Gasteiger partial charge in [0.25, 0.3) is 0 Å². The SMILES string of the molecule is Cc1cccc(F)c1N1CCC(N2Cc3ccccc3N(Cc3ccccc3C(F)(F)F)C2=O)C1. The van der Waals surface area contributed by atoms with Crippen LogP contribution in [0.25, 0.3) is 0 Å². The summed E-state index contributed by atoms with van der Waals surface area (Å²) in [6, 6.07) is 17.1. The summed E-state index contributed by atoms with van der Waals surface area (Å²) in [6.45, 7) is 3.08. The van der Waals surface area contributed by atoms with Crippen LogP contribution in [0.2, 0.25) is 0 Å². The van der Waals surface area contributed by atoms with Gasteiger partial charge in [0.05, 0.1) is 29.5 Å². The zero-order chi connectivity index (χ0) is 24.7. The van der Waals surface area contributed by atoms with Crippen LogP contribution in [-0.2, 0) is 19.3 Å². The van der Waals surface area contributed by atoms with Crippen LogP contribution in [0.3, 0.4) is 0 Å². The lowest BCUT2D eigenvalue weighted by molar-refractivity contribution is -0.138. The molecule has 35 heavy (non-hydrogen) atoms. The molecule has 0 saturated carbocycles. The van der Waals surface area contributed by atoms with Crippen molar-refractivity contribution in [1.82, 2.24) is 4.90 Å². The maximum absolute atomic E-state index is 14.6. The number of urea groups is 1. The number of halogens is 4. The number of benzene rings is 3. The van der Waals surface area contributed by atoms with Crippen LogP contribution in [0.5, 0.6) is 0 Å². The van der Waals surface area contributed by atoms with Gasteiger partial charge in [0, 0.05) is 19.6 Å². The molecule has 4 nitrogen and oxygen atoms in total. The molecule has 182 valence electrons. The molecule has 1 atom stereocenters. The number of aryl methyl sites for hydroxylation is 1. The van der Waals surface area contributed by atoms with Crippen LogP contribution in [0.15, 0.2) is 66.7 Å².